The summed E-state index contributed by atoms with van der Waals surface area (Å²) in [5.74, 6) is 0. The van der Waals surface area contributed by atoms with Gasteiger partial charge in [-0.1, -0.05) is 72.7 Å². The van der Waals surface area contributed by atoms with E-state index < -0.39 is 0 Å². The Hall–Kier alpha value is 1.36. The fraction of sp³-hybridized carbons (Fsp3) is 0.909. The van der Waals surface area contributed by atoms with E-state index in [1.165, 1.54) is 0 Å². The zero-order valence-corrected chi connectivity index (χ0v) is 51.6. The van der Waals surface area contributed by atoms with Crippen molar-refractivity contribution in [2.24, 2.45) is 0 Å². The van der Waals surface area contributed by atoms with E-state index in [0.29, 0.717) is 17.3 Å². The number of hydrogen-bond donors (Lipinski definition) is 0. The monoisotopic (exact) mass is 1140 g/mol. The Balaban J connectivity index is -0.000000210. The van der Waals surface area contributed by atoms with Crippen LogP contribution in [0.15, 0.2) is 0 Å². The minimum atomic E-state index is 0. The number of nitrogens with zero attached hydrogens (tertiary/aromatic N) is 4. The second-order valence-corrected chi connectivity index (χ2v) is 23.9. The van der Waals surface area contributed by atoms with Gasteiger partial charge in [-0.25, -0.2) is 0 Å². The second kappa shape index (κ2) is 27.5. The fourth-order valence-electron chi connectivity index (χ4n) is 6.52. The van der Waals surface area contributed by atoms with Gasteiger partial charge in [0, 0.05) is 71.6 Å². The van der Waals surface area contributed by atoms with Crippen molar-refractivity contribution in [2.75, 3.05) is 0 Å². The van der Waals surface area contributed by atoms with E-state index in [-0.39, 0.29) is 71.6 Å². The van der Waals surface area contributed by atoms with Crippen LogP contribution in [0.4, 0.5) is 0 Å². The average molecular weight is 1140 g/mol. The summed E-state index contributed by atoms with van der Waals surface area (Å²) in [6, 6.07) is 0. The van der Waals surface area contributed by atoms with Crippen LogP contribution in [-0.4, -0.2) is 108 Å². The Bertz CT molecular complexity index is 965. The predicted octanol–water partition coefficient (Wildman–Crippen LogP) is 13.6. The van der Waals surface area contributed by atoms with Crippen molar-refractivity contribution in [1.29, 1.82) is 0 Å². The molecule has 0 bridgehead atoms. The number of thiocarbonyl (C=S) groups is 4. The van der Waals surface area contributed by atoms with Gasteiger partial charge >= 0.3 is 0 Å². The molecule has 0 unspecified atom stereocenters. The normalized spacial score (nSPS) is 12.5. The molecule has 13 heteroatoms. The van der Waals surface area contributed by atoms with Crippen molar-refractivity contribution in [2.45, 2.75) is 262 Å². The quantitative estimate of drug-likeness (QED) is 0.0830. The largest absolute Gasteiger partial charge is 0.411 e. The van der Waals surface area contributed by atoms with Gasteiger partial charge < -0.3 is 119 Å². The van der Waals surface area contributed by atoms with Crippen molar-refractivity contribution in [3.05, 3.63) is 0 Å². The van der Waals surface area contributed by atoms with Crippen LogP contribution in [0, 0.1) is 0 Å². The van der Waals surface area contributed by atoms with E-state index in [9.17, 15) is 0 Å². The standard InChI is InChI=1S/4C11H23NS2.Pb/c4*1-7-10(3,4)12(9(13)14)11(5,6)8-2;/h4*7-8H2,1-6H3,(H,13,14);/p-4. The molecular weight excluding hydrogens is 1050 g/mol. The molecule has 0 aliphatic heterocycles. The molecule has 0 amide bonds. The van der Waals surface area contributed by atoms with Crippen LogP contribution >= 0.6 is 48.9 Å². The van der Waals surface area contributed by atoms with E-state index in [0.717, 1.165) is 51.4 Å². The van der Waals surface area contributed by atoms with Crippen LogP contribution in [0.1, 0.15) is 218 Å². The molecule has 0 saturated carbocycles. The zero-order valence-electron chi connectivity index (χ0n) is 41.2. The summed E-state index contributed by atoms with van der Waals surface area (Å²) in [4.78, 5) is 8.80. The molecule has 340 valence electrons. The summed E-state index contributed by atoms with van der Waals surface area (Å²) in [6.07, 6.45) is 8.39. The molecule has 0 spiro atoms. The van der Waals surface area contributed by atoms with E-state index in [4.69, 9.17) is 99.4 Å². The maximum absolute atomic E-state index is 5.19. The molecule has 0 fully saturated rings. The van der Waals surface area contributed by atoms with Crippen LogP contribution in [0.5, 0.6) is 0 Å². The Morgan fingerprint density at radius 1 is 0.281 bits per heavy atom. The summed E-state index contributed by atoms with van der Waals surface area (Å²) in [5, 5.41) is 0. The van der Waals surface area contributed by atoms with Gasteiger partial charge in [0.05, 0.1) is 0 Å². The average Bonchev–Trinajstić information content (AvgIpc) is 3.03. The second-order valence-electron chi connectivity index (χ2n) is 19.7. The first-order valence-electron chi connectivity index (χ1n) is 20.8. The molecule has 4 radical (unpaired) electrons. The summed E-state index contributed by atoms with van der Waals surface area (Å²) < 4.78 is 2.35. The van der Waals surface area contributed by atoms with Gasteiger partial charge in [-0.3, -0.25) is 0 Å². The first-order valence-corrected chi connectivity index (χ1v) is 24.1. The molecule has 0 atom stereocenters. The van der Waals surface area contributed by atoms with Gasteiger partial charge in [0.1, 0.15) is 0 Å². The molecule has 0 saturated heterocycles. The van der Waals surface area contributed by atoms with Crippen molar-refractivity contribution in [1.82, 2.24) is 19.6 Å². The molecule has 0 rings (SSSR count). The Morgan fingerprint density at radius 3 is 0.386 bits per heavy atom. The molecule has 0 heterocycles. The first-order chi connectivity index (χ1) is 24.7. The van der Waals surface area contributed by atoms with E-state index in [1.807, 2.05) is 0 Å². The summed E-state index contributed by atoms with van der Waals surface area (Å²) in [6.45, 7) is 52.5. The van der Waals surface area contributed by atoms with Gasteiger partial charge in [0.2, 0.25) is 0 Å². The van der Waals surface area contributed by atoms with Gasteiger partial charge in [-0.2, -0.15) is 0 Å². The minimum absolute atomic E-state index is 0. The SMILES string of the molecule is CCC(C)(C)N(C(=S)[S-])C(C)(C)CC.CCC(C)(C)N(C(=S)[S-])C(C)(C)CC.CCC(C)(C)N(C(=S)[S-])C(C)(C)CC.CCC(C)(C)N(C(=S)[S-])C(C)(C)CC.[Pb]. The third-order valence-corrected chi connectivity index (χ3v) is 14.0. The molecule has 0 N–H and O–H groups in total. The molecule has 0 aliphatic carbocycles. The Kier molecular flexibility index (Phi) is 32.6. The molecule has 57 heavy (non-hydrogen) atoms. The maximum Gasteiger partial charge on any atom is 0.0333 e. The number of hydrogen-bond acceptors (Lipinski definition) is 8. The fourth-order valence-corrected chi connectivity index (χ4v) is 10.5. The van der Waals surface area contributed by atoms with Crippen LogP contribution in [0.2, 0.25) is 0 Å². The van der Waals surface area contributed by atoms with Gasteiger partial charge in [-0.05, 0) is 162 Å². The van der Waals surface area contributed by atoms with E-state index in [1.54, 1.807) is 0 Å². The van der Waals surface area contributed by atoms with Gasteiger partial charge in [0.25, 0.3) is 0 Å². The minimum Gasteiger partial charge on any atom is -0.411 e. The molecule has 0 aromatic carbocycles. The van der Waals surface area contributed by atoms with Crippen molar-refractivity contribution in [3.63, 3.8) is 0 Å². The topological polar surface area (TPSA) is 13.0 Å². The summed E-state index contributed by atoms with van der Waals surface area (Å²) in [7, 11) is 0. The first kappa shape index (κ1) is 67.4. The van der Waals surface area contributed by atoms with Crippen molar-refractivity contribution < 1.29 is 0 Å². The van der Waals surface area contributed by atoms with E-state index in [2.05, 4.69) is 186 Å². The molecule has 0 aromatic heterocycles. The molecule has 0 aliphatic rings. The smallest absolute Gasteiger partial charge is 0.0333 e. The van der Waals surface area contributed by atoms with Crippen LogP contribution < -0.4 is 0 Å². The van der Waals surface area contributed by atoms with Crippen molar-refractivity contribution >= 4 is 144 Å². The van der Waals surface area contributed by atoms with Crippen LogP contribution in [0.25, 0.3) is 0 Å². The molecular formula is C44H88N4PbS8-4. The Labute approximate surface area is 421 Å². The Morgan fingerprint density at radius 2 is 0.351 bits per heavy atom. The zero-order chi connectivity index (χ0) is 46.3. The predicted molar refractivity (Wildman–Crippen MR) is 288 cm³/mol. The number of rotatable bonds is 16. The third kappa shape index (κ3) is 22.0. The summed E-state index contributed by atoms with van der Waals surface area (Å²) >= 11 is 41.5. The van der Waals surface area contributed by atoms with Crippen molar-refractivity contribution in [3.8, 4) is 0 Å². The van der Waals surface area contributed by atoms with E-state index >= 15 is 0 Å². The summed E-state index contributed by atoms with van der Waals surface area (Å²) in [5.41, 5.74) is 0.431. The van der Waals surface area contributed by atoms with Gasteiger partial charge in [0.15, 0.2) is 0 Å². The maximum atomic E-state index is 5.19. The van der Waals surface area contributed by atoms with Gasteiger partial charge in [-0.15, -0.1) is 0 Å². The molecule has 0 aromatic rings. The van der Waals surface area contributed by atoms with Crippen LogP contribution in [-0.2, 0) is 50.5 Å². The van der Waals surface area contributed by atoms with Crippen LogP contribution in [0.3, 0.4) is 0 Å². The molecule has 4 nitrogen and oxygen atoms in total. The third-order valence-electron chi connectivity index (χ3n) is 12.5.